The molecule has 0 fully saturated rings. The van der Waals surface area contributed by atoms with Crippen LogP contribution < -0.4 is 0 Å². The van der Waals surface area contributed by atoms with E-state index in [1.54, 1.807) is 0 Å². The monoisotopic (exact) mass is 896 g/mol. The van der Waals surface area contributed by atoms with Gasteiger partial charge in [0.2, 0.25) is 0 Å². The van der Waals surface area contributed by atoms with E-state index in [4.69, 9.17) is 0 Å². The second-order valence-corrected chi connectivity index (χ2v) is 22.3. The molecule has 0 amide bonds. The highest BCUT2D eigenvalue weighted by Crippen LogP contribution is 2.22. The van der Waals surface area contributed by atoms with Crippen LogP contribution in [0, 0.1) is 0 Å². The molecular weight excluding hydrogens is 779 g/mol. The van der Waals surface area contributed by atoms with Gasteiger partial charge in [0.15, 0.2) is 0 Å². The van der Waals surface area contributed by atoms with Gasteiger partial charge in [0.1, 0.15) is 0 Å². The molecule has 0 saturated carbocycles. The van der Waals surface area contributed by atoms with Crippen molar-refractivity contribution in [2.75, 3.05) is 31.9 Å². The molecule has 0 N–H and O–H groups in total. The predicted octanol–water partition coefficient (Wildman–Crippen LogP) is 19.5. The Bertz CT molecular complexity index is 850. The first kappa shape index (κ1) is 61.9. The Morgan fingerprint density at radius 3 is 0.548 bits per heavy atom. The lowest BCUT2D eigenvalue weighted by molar-refractivity contribution is -0.928. The molecule has 4 nitrogen and oxygen atoms in total. The maximum atomic E-state index is 11.7. The van der Waals surface area contributed by atoms with Crippen molar-refractivity contribution in [1.29, 1.82) is 0 Å². The number of hydrogen-bond donors (Lipinski definition) is 0. The summed E-state index contributed by atoms with van der Waals surface area (Å²) in [4.78, 5) is 0. The quantitative estimate of drug-likeness (QED) is 0.0347. The van der Waals surface area contributed by atoms with Crippen molar-refractivity contribution in [3.8, 4) is 0 Å². The molecule has 0 spiro atoms. The van der Waals surface area contributed by atoms with Crippen LogP contribution in [0.15, 0.2) is 0 Å². The third kappa shape index (κ3) is 49.3. The Morgan fingerprint density at radius 1 is 0.242 bits per heavy atom. The smallest absolute Gasteiger partial charge is 0.0948 e. The highest BCUT2D eigenvalue weighted by Gasteiger charge is 2.26. The van der Waals surface area contributed by atoms with Crippen LogP contribution in [0.5, 0.6) is 0 Å². The predicted molar refractivity (Wildman–Crippen MR) is 278 cm³/mol. The summed E-state index contributed by atoms with van der Waals surface area (Å²) in [5.41, 5.74) is 0. The Hall–Kier alpha value is -0.130. The van der Waals surface area contributed by atoms with Crippen molar-refractivity contribution in [2.24, 2.45) is 0 Å². The van der Waals surface area contributed by atoms with E-state index in [0.29, 0.717) is 6.42 Å². The van der Waals surface area contributed by atoms with E-state index in [-0.39, 0.29) is 5.75 Å². The van der Waals surface area contributed by atoms with Gasteiger partial charge in [-0.2, -0.15) is 0 Å². The fourth-order valence-electron chi connectivity index (χ4n) is 10.2. The summed E-state index contributed by atoms with van der Waals surface area (Å²) in [5.74, 6) is -0.191. The molecule has 0 aliphatic carbocycles. The maximum Gasteiger partial charge on any atom is 0.0948 e. The average Bonchev–Trinajstić information content (AvgIpc) is 3.25. The molecule has 374 valence electrons. The topological polar surface area (TPSA) is 57.2 Å². The summed E-state index contributed by atoms with van der Waals surface area (Å²) < 4.78 is 36.2. The fraction of sp³-hybridized carbons (Fsp3) is 1.00. The molecule has 0 aromatic carbocycles. The molecule has 0 heterocycles. The van der Waals surface area contributed by atoms with E-state index in [1.807, 2.05) is 0 Å². The van der Waals surface area contributed by atoms with E-state index in [1.165, 1.54) is 328 Å². The highest BCUT2D eigenvalue weighted by molar-refractivity contribution is 7.85. The highest BCUT2D eigenvalue weighted by atomic mass is 32.2. The second-order valence-electron chi connectivity index (χ2n) is 20.8. The molecule has 0 saturated heterocycles. The molecule has 0 aromatic heterocycles. The van der Waals surface area contributed by atoms with Gasteiger partial charge < -0.3 is 9.04 Å². The lowest BCUT2D eigenvalue weighted by Gasteiger charge is -2.40. The van der Waals surface area contributed by atoms with Gasteiger partial charge in [-0.3, -0.25) is 0 Å². The molecule has 0 atom stereocenters. The van der Waals surface area contributed by atoms with Crippen molar-refractivity contribution in [3.63, 3.8) is 0 Å². The van der Waals surface area contributed by atoms with E-state index in [9.17, 15) is 13.0 Å². The zero-order valence-corrected chi connectivity index (χ0v) is 44.1. The van der Waals surface area contributed by atoms with Crippen LogP contribution in [0.4, 0.5) is 0 Å². The number of rotatable bonds is 55. The summed E-state index contributed by atoms with van der Waals surface area (Å²) in [6, 6.07) is 0. The minimum absolute atomic E-state index is 0.191. The number of quaternary nitrogens is 1. The van der Waals surface area contributed by atoms with Crippen molar-refractivity contribution < 1.29 is 17.5 Å². The molecule has 0 aromatic rings. The van der Waals surface area contributed by atoms with Crippen LogP contribution in [0.1, 0.15) is 335 Å². The molecular formula is C57H117NO3S. The lowest BCUT2D eigenvalue weighted by atomic mass is 10.0. The van der Waals surface area contributed by atoms with E-state index in [2.05, 4.69) is 20.8 Å². The van der Waals surface area contributed by atoms with E-state index in [0.717, 1.165) is 11.0 Å². The molecule has 5 heteroatoms. The fourth-order valence-corrected chi connectivity index (χ4v) is 10.7. The van der Waals surface area contributed by atoms with Crippen LogP contribution in [0.25, 0.3) is 0 Å². The van der Waals surface area contributed by atoms with Gasteiger partial charge in [0, 0.05) is 12.2 Å². The van der Waals surface area contributed by atoms with E-state index < -0.39 is 10.1 Å². The van der Waals surface area contributed by atoms with Crippen LogP contribution in [0.3, 0.4) is 0 Å². The largest absolute Gasteiger partial charge is 0.748 e. The van der Waals surface area contributed by atoms with Gasteiger partial charge in [-0.05, 0) is 38.5 Å². The Kier molecular flexibility index (Phi) is 50.2. The molecule has 0 bridgehead atoms. The van der Waals surface area contributed by atoms with Gasteiger partial charge in [-0.25, -0.2) is 8.42 Å². The molecule has 0 radical (unpaired) electrons. The third-order valence-corrected chi connectivity index (χ3v) is 15.3. The average molecular weight is 897 g/mol. The zero-order chi connectivity index (χ0) is 45.2. The summed E-state index contributed by atoms with van der Waals surface area (Å²) >= 11 is 0. The Morgan fingerprint density at radius 2 is 0.387 bits per heavy atom. The first-order valence-electron chi connectivity index (χ1n) is 29.2. The maximum absolute atomic E-state index is 11.7. The van der Waals surface area contributed by atoms with Crippen LogP contribution in [-0.2, 0) is 10.1 Å². The number of nitrogens with zero attached hydrogens (tertiary/aromatic N) is 1. The van der Waals surface area contributed by atoms with Crippen LogP contribution in [-0.4, -0.2) is 49.4 Å². The molecule has 62 heavy (non-hydrogen) atoms. The minimum atomic E-state index is -4.16. The van der Waals surface area contributed by atoms with Gasteiger partial charge in [0.05, 0.1) is 36.3 Å². The molecule has 0 aliphatic rings. The molecule has 0 unspecified atom stereocenters. The first-order chi connectivity index (χ1) is 30.4. The van der Waals surface area contributed by atoms with E-state index >= 15 is 0 Å². The van der Waals surface area contributed by atoms with Gasteiger partial charge in [-0.1, -0.05) is 290 Å². The lowest BCUT2D eigenvalue weighted by Crippen LogP contribution is -2.51. The Balaban J connectivity index is 4.68. The van der Waals surface area contributed by atoms with Gasteiger partial charge in [0.25, 0.3) is 0 Å². The normalized spacial score (nSPS) is 12.3. The van der Waals surface area contributed by atoms with Gasteiger partial charge >= 0.3 is 0 Å². The molecule has 0 aliphatic heterocycles. The minimum Gasteiger partial charge on any atom is -0.748 e. The van der Waals surface area contributed by atoms with Crippen LogP contribution in [0.2, 0.25) is 0 Å². The van der Waals surface area contributed by atoms with Crippen molar-refractivity contribution in [1.82, 2.24) is 0 Å². The summed E-state index contributed by atoms with van der Waals surface area (Å²) in [6.07, 6.45) is 67.3. The third-order valence-electron chi connectivity index (χ3n) is 14.5. The summed E-state index contributed by atoms with van der Waals surface area (Å²) in [6.45, 7) is 11.3. The number of hydrogen-bond acceptors (Lipinski definition) is 3. The summed E-state index contributed by atoms with van der Waals surface area (Å²) in [7, 11) is -4.16. The zero-order valence-electron chi connectivity index (χ0n) is 43.3. The van der Waals surface area contributed by atoms with Crippen molar-refractivity contribution in [3.05, 3.63) is 0 Å². The number of unbranched alkanes of at least 4 members (excludes halogenated alkanes) is 45. The van der Waals surface area contributed by atoms with Crippen LogP contribution >= 0.6 is 0 Å². The standard InChI is InChI=1S/C57H117NO3S/c1-4-7-10-13-16-19-22-25-28-31-34-37-40-43-46-49-53-58(56-52-57-62(59,60)61,54-50-47-44-41-38-35-32-29-26-23-20-17-14-11-8-5-2)55-51-48-45-42-39-36-33-30-27-24-21-18-15-12-9-6-3/h4-57H2,1-3H3. The SMILES string of the molecule is CCCCCCCCCCCCCCCCCC[N+](CCCCCCCCCCCCCCCCCC)(CCCCCCCCCCCCCCCCCC)CCCS(=O)(=O)[O-]. The second kappa shape index (κ2) is 50.3. The summed E-state index contributed by atoms with van der Waals surface area (Å²) in [5, 5.41) is 0. The van der Waals surface area contributed by atoms with Crippen molar-refractivity contribution in [2.45, 2.75) is 335 Å². The Labute approximate surface area is 393 Å². The van der Waals surface area contributed by atoms with Crippen molar-refractivity contribution >= 4 is 10.1 Å². The molecule has 0 rings (SSSR count). The first-order valence-corrected chi connectivity index (χ1v) is 30.8. The van der Waals surface area contributed by atoms with Gasteiger partial charge in [-0.15, -0.1) is 0 Å².